The van der Waals surface area contributed by atoms with Gasteiger partial charge in [-0.1, -0.05) is 29.0 Å². The number of carbonyl (C=O) groups is 2. The highest BCUT2D eigenvalue weighted by Gasteiger charge is 2.33. The van der Waals surface area contributed by atoms with Crippen molar-refractivity contribution in [1.82, 2.24) is 4.57 Å². The number of thiazole rings is 1. The number of hydrogen-bond donors (Lipinski definition) is 0. The fraction of sp³-hybridized carbons (Fsp3) is 0.250. The summed E-state index contributed by atoms with van der Waals surface area (Å²) in [7, 11) is 1.56. The number of carbonyl (C=O) groups excluding carboxylic acids is 2. The summed E-state index contributed by atoms with van der Waals surface area (Å²) < 4.78 is 24.7. The quantitative estimate of drug-likeness (QED) is 0.206. The summed E-state index contributed by atoms with van der Waals surface area (Å²) in [5.74, 6) is 0.301. The maximum atomic E-state index is 14.0. The highest BCUT2D eigenvalue weighted by atomic mass is 79.9. The topological polar surface area (TPSA) is 109 Å². The second-order valence-corrected chi connectivity index (χ2v) is 12.3. The molecule has 4 aromatic rings. The average Bonchev–Trinajstić information content (AvgIpc) is 3.56. The number of benzene rings is 2. The van der Waals surface area contributed by atoms with Gasteiger partial charge in [-0.2, -0.15) is 0 Å². The minimum atomic E-state index is -0.789. The SMILES string of the molecule is CCOC(=O)C1=C(C)N=c2s/c(=C/c3ccc(-c4cc(Cl)ccc4C(=O)OC(C)C)o3)c(=O)n2[C@H]1c1ccc(OC)c(Br)c1. The van der Waals surface area contributed by atoms with Gasteiger partial charge in [0.25, 0.3) is 5.56 Å². The first-order valence-electron chi connectivity index (χ1n) is 13.7. The second-order valence-electron chi connectivity index (χ2n) is 10.0. The van der Waals surface area contributed by atoms with Crippen LogP contribution in [0.5, 0.6) is 5.75 Å². The Balaban J connectivity index is 1.62. The smallest absolute Gasteiger partial charge is 0.339 e. The van der Waals surface area contributed by atoms with Gasteiger partial charge in [-0.15, -0.1) is 0 Å². The lowest BCUT2D eigenvalue weighted by Crippen LogP contribution is -2.39. The summed E-state index contributed by atoms with van der Waals surface area (Å²) in [6.45, 7) is 7.15. The van der Waals surface area contributed by atoms with Gasteiger partial charge >= 0.3 is 11.9 Å². The molecule has 1 aliphatic rings. The van der Waals surface area contributed by atoms with Crippen LogP contribution in [-0.2, 0) is 14.3 Å². The summed E-state index contributed by atoms with van der Waals surface area (Å²) in [5.41, 5.74) is 1.80. The Labute approximate surface area is 270 Å². The number of fused-ring (bicyclic) bond motifs is 1. The van der Waals surface area contributed by atoms with Crippen LogP contribution >= 0.6 is 38.9 Å². The van der Waals surface area contributed by atoms with Crippen molar-refractivity contribution in [2.45, 2.75) is 39.8 Å². The van der Waals surface area contributed by atoms with Crippen molar-refractivity contribution in [2.24, 2.45) is 4.99 Å². The normalized spacial score (nSPS) is 14.8. The first-order valence-corrected chi connectivity index (χ1v) is 15.6. The molecule has 2 aromatic heterocycles. The number of furan rings is 1. The molecule has 0 radical (unpaired) electrons. The van der Waals surface area contributed by atoms with E-state index in [1.807, 2.05) is 6.07 Å². The number of allylic oxidation sites excluding steroid dienone is 1. The molecule has 0 amide bonds. The predicted octanol–water partition coefficient (Wildman–Crippen LogP) is 6.05. The summed E-state index contributed by atoms with van der Waals surface area (Å²) in [5, 5.41) is 0.422. The molecular weight excluding hydrogens is 672 g/mol. The summed E-state index contributed by atoms with van der Waals surface area (Å²) in [6.07, 6.45) is 1.30. The molecule has 2 aromatic carbocycles. The van der Waals surface area contributed by atoms with Crippen LogP contribution in [-0.4, -0.2) is 36.3 Å². The molecule has 0 saturated heterocycles. The molecule has 1 aliphatic heterocycles. The van der Waals surface area contributed by atoms with Gasteiger partial charge in [0.15, 0.2) is 4.80 Å². The van der Waals surface area contributed by atoms with Gasteiger partial charge in [-0.05, 0) is 91.7 Å². The van der Waals surface area contributed by atoms with Crippen LogP contribution < -0.4 is 19.6 Å². The van der Waals surface area contributed by atoms with E-state index in [-0.39, 0.29) is 23.8 Å². The van der Waals surface area contributed by atoms with Crippen LogP contribution in [0.3, 0.4) is 0 Å². The number of rotatable bonds is 8. The first kappa shape index (κ1) is 31.5. The lowest BCUT2D eigenvalue weighted by Gasteiger charge is -2.25. The maximum Gasteiger partial charge on any atom is 0.339 e. The minimum absolute atomic E-state index is 0.170. The van der Waals surface area contributed by atoms with E-state index in [1.165, 1.54) is 15.9 Å². The monoisotopic (exact) mass is 698 g/mol. The molecule has 0 aliphatic carbocycles. The number of nitrogens with zero attached hydrogens (tertiary/aromatic N) is 2. The van der Waals surface area contributed by atoms with E-state index in [9.17, 15) is 14.4 Å². The van der Waals surface area contributed by atoms with Gasteiger partial charge in [-0.3, -0.25) is 9.36 Å². The second kappa shape index (κ2) is 13.0. The highest BCUT2D eigenvalue weighted by molar-refractivity contribution is 9.10. The van der Waals surface area contributed by atoms with Crippen molar-refractivity contribution in [3.05, 3.63) is 106 Å². The molecule has 0 unspecified atom stereocenters. The third kappa shape index (κ3) is 6.17. The first-order chi connectivity index (χ1) is 21.0. The third-order valence-electron chi connectivity index (χ3n) is 6.72. The van der Waals surface area contributed by atoms with Gasteiger partial charge in [0.05, 0.1) is 51.7 Å². The largest absolute Gasteiger partial charge is 0.496 e. The molecule has 44 heavy (non-hydrogen) atoms. The molecule has 0 bridgehead atoms. The molecule has 0 N–H and O–H groups in total. The maximum absolute atomic E-state index is 14.0. The van der Waals surface area contributed by atoms with Crippen molar-refractivity contribution < 1.29 is 28.2 Å². The third-order valence-corrected chi connectivity index (χ3v) is 8.56. The van der Waals surface area contributed by atoms with Gasteiger partial charge in [0.2, 0.25) is 0 Å². The van der Waals surface area contributed by atoms with Crippen molar-refractivity contribution >= 4 is 56.9 Å². The molecule has 1 atom stereocenters. The highest BCUT2D eigenvalue weighted by Crippen LogP contribution is 2.35. The zero-order valence-electron chi connectivity index (χ0n) is 24.5. The molecular formula is C32H28BrClN2O7S. The van der Waals surface area contributed by atoms with Crippen LogP contribution in [0.15, 0.2) is 78.5 Å². The molecule has 5 rings (SSSR count). The van der Waals surface area contributed by atoms with E-state index in [1.54, 1.807) is 83.3 Å². The van der Waals surface area contributed by atoms with E-state index in [0.29, 0.717) is 58.5 Å². The molecule has 0 saturated carbocycles. The van der Waals surface area contributed by atoms with E-state index in [0.717, 1.165) is 0 Å². The summed E-state index contributed by atoms with van der Waals surface area (Å²) in [6, 6.07) is 12.8. The van der Waals surface area contributed by atoms with Gasteiger partial charge in [-0.25, -0.2) is 14.6 Å². The average molecular weight is 700 g/mol. The van der Waals surface area contributed by atoms with Crippen LogP contribution in [0.25, 0.3) is 17.4 Å². The predicted molar refractivity (Wildman–Crippen MR) is 171 cm³/mol. The number of methoxy groups -OCH3 is 1. The lowest BCUT2D eigenvalue weighted by molar-refractivity contribution is -0.139. The molecule has 3 heterocycles. The number of hydrogen-bond acceptors (Lipinski definition) is 9. The Morgan fingerprint density at radius 3 is 2.61 bits per heavy atom. The van der Waals surface area contributed by atoms with Crippen molar-refractivity contribution in [3.8, 4) is 17.1 Å². The number of esters is 2. The zero-order valence-corrected chi connectivity index (χ0v) is 27.6. The van der Waals surface area contributed by atoms with Crippen LogP contribution in [0.1, 0.15) is 55.4 Å². The van der Waals surface area contributed by atoms with E-state index < -0.39 is 18.0 Å². The Hall–Kier alpha value is -3.93. The van der Waals surface area contributed by atoms with Crippen molar-refractivity contribution in [3.63, 3.8) is 0 Å². The standard InChI is InChI=1S/C32H28BrClN2O7S/c1-6-41-31(39)27-17(4)35-32-36(28(27)18-7-11-25(40-5)23(33)13-18)29(37)26(44-32)15-20-9-12-24(43-20)22-14-19(34)8-10-21(22)30(38)42-16(2)3/h7-16,28H,6H2,1-5H3/b26-15+/t28-/m0/s1. The fourth-order valence-corrected chi connectivity index (χ4v) is 6.60. The number of halogens is 2. The minimum Gasteiger partial charge on any atom is -0.496 e. The number of ether oxygens (including phenoxy) is 3. The molecule has 12 heteroatoms. The molecule has 9 nitrogen and oxygen atoms in total. The van der Waals surface area contributed by atoms with Crippen LogP contribution in [0.4, 0.5) is 0 Å². The van der Waals surface area contributed by atoms with E-state index in [4.69, 9.17) is 30.2 Å². The Bertz CT molecular complexity index is 1990. The van der Waals surface area contributed by atoms with Gasteiger partial charge in [0.1, 0.15) is 17.3 Å². The Morgan fingerprint density at radius 1 is 1.16 bits per heavy atom. The lowest BCUT2D eigenvalue weighted by atomic mass is 9.96. The van der Waals surface area contributed by atoms with Crippen molar-refractivity contribution in [1.29, 1.82) is 0 Å². The van der Waals surface area contributed by atoms with E-state index in [2.05, 4.69) is 20.9 Å². The molecule has 0 fully saturated rings. The van der Waals surface area contributed by atoms with E-state index >= 15 is 0 Å². The Morgan fingerprint density at radius 2 is 1.93 bits per heavy atom. The number of aromatic nitrogens is 1. The van der Waals surface area contributed by atoms with Gasteiger partial charge < -0.3 is 18.6 Å². The Kier molecular flexibility index (Phi) is 9.28. The fourth-order valence-electron chi connectivity index (χ4n) is 4.84. The van der Waals surface area contributed by atoms with Crippen molar-refractivity contribution in [2.75, 3.05) is 13.7 Å². The van der Waals surface area contributed by atoms with Crippen LogP contribution in [0, 0.1) is 0 Å². The van der Waals surface area contributed by atoms with Crippen LogP contribution in [0.2, 0.25) is 5.02 Å². The van der Waals surface area contributed by atoms with Gasteiger partial charge in [0, 0.05) is 16.7 Å². The zero-order chi connectivity index (χ0) is 31.7. The summed E-state index contributed by atoms with van der Waals surface area (Å²) in [4.78, 5) is 44.9. The molecule has 228 valence electrons. The summed E-state index contributed by atoms with van der Waals surface area (Å²) >= 11 is 10.9. The molecule has 0 spiro atoms.